The minimum absolute atomic E-state index is 0.407. The fourth-order valence-electron chi connectivity index (χ4n) is 3.22. The molecule has 0 aromatic carbocycles. The molecule has 0 saturated heterocycles. The number of hydrogen-bond donors (Lipinski definition) is 2. The summed E-state index contributed by atoms with van der Waals surface area (Å²) in [6.07, 6.45) is 14.1. The zero-order valence-electron chi connectivity index (χ0n) is 42.7. The third-order valence-corrected chi connectivity index (χ3v) is 8.99. The van der Waals surface area contributed by atoms with Gasteiger partial charge in [0, 0.05) is 63.6 Å². The van der Waals surface area contributed by atoms with Crippen molar-refractivity contribution in [3.63, 3.8) is 0 Å². The molecule has 0 aliphatic heterocycles. The summed E-state index contributed by atoms with van der Waals surface area (Å²) in [6, 6.07) is 0. The van der Waals surface area contributed by atoms with E-state index in [0.29, 0.717) is 35.5 Å². The first-order chi connectivity index (χ1) is 28.8. The second-order valence-corrected chi connectivity index (χ2v) is 15.1. The Morgan fingerprint density at radius 1 is 0.483 bits per heavy atom. The second kappa shape index (κ2) is 51.7. The molecule has 0 fully saturated rings. The van der Waals surface area contributed by atoms with Gasteiger partial charge in [-0.1, -0.05) is 166 Å². The number of aromatic amines is 2. The van der Waals surface area contributed by atoms with Crippen molar-refractivity contribution >= 4 is 34.0 Å². The van der Waals surface area contributed by atoms with Crippen molar-refractivity contribution in [1.82, 2.24) is 39.9 Å². The predicted molar refractivity (Wildman–Crippen MR) is 273 cm³/mol. The number of hydrogen-bond acceptors (Lipinski definition) is 10. The van der Waals surface area contributed by atoms with Crippen molar-refractivity contribution < 1.29 is 4.42 Å². The molecule has 6 heterocycles. The van der Waals surface area contributed by atoms with Gasteiger partial charge >= 0.3 is 0 Å². The molecular formula is C48H92N8OS3. The standard InChI is InChI=1S/2C6H10N2.C6H9NO.3C6H9NS.6C2H6/c2*1-5(2)6-3-7-4-8-6;1-5(2)6-7-3-4-8-6;1-5(2)6-3-8-4-7-6;1-5(2)6-3-7-4-8-6;1-5(2)6-7-3-4-8-6;6*1-2/h2*3-5H,1-2H3,(H,7,8);4*3-5H,1-2H3;6*1-2H3. The average Bonchev–Trinajstić information content (AvgIpc) is 4.14. The Morgan fingerprint density at radius 2 is 0.983 bits per heavy atom. The van der Waals surface area contributed by atoms with Gasteiger partial charge in [0.1, 0.15) is 6.26 Å². The summed E-state index contributed by atoms with van der Waals surface area (Å²) in [5, 5.41) is 5.32. The summed E-state index contributed by atoms with van der Waals surface area (Å²) in [6.45, 7) is 49.6. The number of thiazole rings is 3. The van der Waals surface area contributed by atoms with Gasteiger partial charge in [-0.05, 0) is 23.7 Å². The maximum absolute atomic E-state index is 4.98. The Bertz CT molecular complexity index is 1160. The molecule has 12 heteroatoms. The number of imidazole rings is 2. The van der Waals surface area contributed by atoms with Gasteiger partial charge in [-0.2, -0.15) is 0 Å². The van der Waals surface area contributed by atoms with E-state index in [1.165, 1.54) is 27.0 Å². The van der Waals surface area contributed by atoms with Crippen LogP contribution < -0.4 is 0 Å². The van der Waals surface area contributed by atoms with Crippen LogP contribution in [-0.2, 0) is 0 Å². The first-order valence-corrected chi connectivity index (χ1v) is 25.0. The normalized spacial score (nSPS) is 8.90. The number of oxazole rings is 1. The summed E-state index contributed by atoms with van der Waals surface area (Å²) < 4.78 is 4.98. The summed E-state index contributed by atoms with van der Waals surface area (Å²) in [5.74, 6) is 4.17. The van der Waals surface area contributed by atoms with Crippen molar-refractivity contribution in [3.8, 4) is 0 Å². The Hall–Kier alpha value is -3.48. The Morgan fingerprint density at radius 3 is 1.15 bits per heavy atom. The molecule has 0 unspecified atom stereocenters. The highest BCUT2D eigenvalue weighted by atomic mass is 32.1. The molecule has 0 radical (unpaired) electrons. The van der Waals surface area contributed by atoms with E-state index in [2.05, 4.69) is 114 Å². The molecule has 2 N–H and O–H groups in total. The Balaban J connectivity index is -0.000000139. The maximum Gasteiger partial charge on any atom is 0.196 e. The number of nitrogens with zero attached hydrogens (tertiary/aromatic N) is 6. The molecule has 0 saturated carbocycles. The Labute approximate surface area is 382 Å². The van der Waals surface area contributed by atoms with E-state index >= 15 is 0 Å². The van der Waals surface area contributed by atoms with Gasteiger partial charge in [0.2, 0.25) is 0 Å². The van der Waals surface area contributed by atoms with Gasteiger partial charge < -0.3 is 14.4 Å². The summed E-state index contributed by atoms with van der Waals surface area (Å²) >= 11 is 5.10. The lowest BCUT2D eigenvalue weighted by Gasteiger charge is -1.95. The molecule has 0 amide bonds. The van der Waals surface area contributed by atoms with Crippen LogP contribution in [0, 0.1) is 0 Å². The molecule has 9 nitrogen and oxygen atoms in total. The molecule has 60 heavy (non-hydrogen) atoms. The molecule has 0 spiro atoms. The van der Waals surface area contributed by atoms with Gasteiger partial charge in [0.05, 0.1) is 40.6 Å². The SMILES string of the molecule is CC.CC.CC.CC.CC.CC.CC(C)c1cnc[nH]1.CC(C)c1cnc[nH]1.CC(C)c1cncs1.CC(C)c1cscn1.CC(C)c1ncco1.CC(C)c1nccs1. The third-order valence-electron chi connectivity index (χ3n) is 6.24. The quantitative estimate of drug-likeness (QED) is 0.171. The number of aromatic nitrogens is 8. The summed E-state index contributed by atoms with van der Waals surface area (Å²) in [7, 11) is 0. The highest BCUT2D eigenvalue weighted by Gasteiger charge is 2.01. The van der Waals surface area contributed by atoms with E-state index in [0.717, 1.165) is 5.89 Å². The number of rotatable bonds is 6. The molecule has 6 rings (SSSR count). The van der Waals surface area contributed by atoms with Crippen LogP contribution in [0.1, 0.15) is 235 Å². The van der Waals surface area contributed by atoms with E-state index in [4.69, 9.17) is 4.42 Å². The summed E-state index contributed by atoms with van der Waals surface area (Å²) in [5.41, 5.74) is 7.34. The van der Waals surface area contributed by atoms with Crippen LogP contribution in [0.2, 0.25) is 0 Å². The third kappa shape index (κ3) is 40.0. The van der Waals surface area contributed by atoms with Gasteiger partial charge in [-0.3, -0.25) is 4.98 Å². The fraction of sp³-hybridized carbons (Fsp3) is 0.625. The van der Waals surface area contributed by atoms with Gasteiger partial charge in [0.25, 0.3) is 0 Å². The minimum atomic E-state index is 0.407. The van der Waals surface area contributed by atoms with Gasteiger partial charge in [-0.15, -0.1) is 34.0 Å². The smallest absolute Gasteiger partial charge is 0.196 e. The van der Waals surface area contributed by atoms with Crippen molar-refractivity contribution in [2.75, 3.05) is 0 Å². The second-order valence-electron chi connectivity index (χ2n) is 12.5. The lowest BCUT2D eigenvalue weighted by atomic mass is 10.2. The molecular weight excluding hydrogens is 801 g/mol. The van der Waals surface area contributed by atoms with Crippen molar-refractivity contribution in [1.29, 1.82) is 0 Å². The maximum atomic E-state index is 4.98. The zero-order chi connectivity index (χ0) is 47.9. The zero-order valence-corrected chi connectivity index (χ0v) is 45.2. The lowest BCUT2D eigenvalue weighted by molar-refractivity contribution is 0.471. The first kappa shape index (κ1) is 68.3. The minimum Gasteiger partial charge on any atom is -0.449 e. The number of H-pyrrole nitrogens is 2. The highest BCUT2D eigenvalue weighted by Crippen LogP contribution is 2.17. The first-order valence-electron chi connectivity index (χ1n) is 22.3. The molecule has 6 aromatic rings. The van der Waals surface area contributed by atoms with Crippen LogP contribution >= 0.6 is 34.0 Å². The number of nitrogens with one attached hydrogen (secondary N) is 2. The van der Waals surface area contributed by atoms with Crippen LogP contribution in [0.3, 0.4) is 0 Å². The largest absolute Gasteiger partial charge is 0.449 e. The molecule has 0 aliphatic rings. The fourth-order valence-corrected chi connectivity index (χ4v) is 5.23. The van der Waals surface area contributed by atoms with Crippen molar-refractivity contribution in [2.24, 2.45) is 0 Å². The van der Waals surface area contributed by atoms with E-state index < -0.39 is 0 Å². The van der Waals surface area contributed by atoms with Crippen molar-refractivity contribution in [3.05, 3.63) is 105 Å². The van der Waals surface area contributed by atoms with Crippen LogP contribution in [-0.4, -0.2) is 39.9 Å². The monoisotopic (exact) mass is 893 g/mol. The molecule has 348 valence electrons. The van der Waals surface area contributed by atoms with Crippen molar-refractivity contribution in [2.45, 2.75) is 202 Å². The molecule has 0 aliphatic carbocycles. The lowest BCUT2D eigenvalue weighted by Crippen LogP contribution is -1.84. The van der Waals surface area contributed by atoms with Gasteiger partial charge in [-0.25, -0.2) is 24.9 Å². The average molecular weight is 894 g/mol. The molecule has 0 atom stereocenters. The van der Waals surface area contributed by atoms with Crippen LogP contribution in [0.25, 0.3) is 0 Å². The van der Waals surface area contributed by atoms with E-state index in [9.17, 15) is 0 Å². The highest BCUT2D eigenvalue weighted by molar-refractivity contribution is 7.09. The van der Waals surface area contributed by atoms with Crippen LogP contribution in [0.5, 0.6) is 0 Å². The van der Waals surface area contributed by atoms with E-state index in [-0.39, 0.29) is 0 Å². The topological polar surface area (TPSA) is 122 Å². The van der Waals surface area contributed by atoms with E-state index in [1.54, 1.807) is 59.1 Å². The van der Waals surface area contributed by atoms with Crippen LogP contribution in [0.15, 0.2) is 76.1 Å². The molecule has 6 aromatic heterocycles. The Kier molecular flexibility index (Phi) is 58.8. The molecule has 0 bridgehead atoms. The van der Waals surface area contributed by atoms with Gasteiger partial charge in [0.15, 0.2) is 5.89 Å². The predicted octanol–water partition coefficient (Wildman–Crippen LogP) is 17.8. The van der Waals surface area contributed by atoms with Crippen LogP contribution in [0.4, 0.5) is 0 Å². The van der Waals surface area contributed by atoms with E-state index in [1.807, 2.05) is 138 Å². The summed E-state index contributed by atoms with van der Waals surface area (Å²) in [4.78, 5) is 31.4.